The largest absolute Gasteiger partial charge is 0.360 e. The highest BCUT2D eigenvalue weighted by Crippen LogP contribution is 2.23. The molecule has 1 unspecified atom stereocenters. The highest BCUT2D eigenvalue weighted by molar-refractivity contribution is 5.06. The molecule has 1 aliphatic rings. The number of nitrogens with zero attached hydrogens (tertiary/aromatic N) is 2. The second-order valence-electron chi connectivity index (χ2n) is 7.30. The summed E-state index contributed by atoms with van der Waals surface area (Å²) in [5.74, 6) is 1.00. The SMILES string of the molecule is CCCC1CCCCN1Cc1cc(CNC(C)(C)C)no1. The van der Waals surface area contributed by atoms with E-state index < -0.39 is 0 Å². The lowest BCUT2D eigenvalue weighted by atomic mass is 9.98. The monoisotopic (exact) mass is 293 g/mol. The first kappa shape index (κ1) is 16.5. The summed E-state index contributed by atoms with van der Waals surface area (Å²) in [5, 5.41) is 7.64. The third kappa shape index (κ3) is 5.44. The Hall–Kier alpha value is -0.870. The van der Waals surface area contributed by atoms with Crippen molar-refractivity contribution in [1.82, 2.24) is 15.4 Å². The summed E-state index contributed by atoms with van der Waals surface area (Å²) >= 11 is 0. The number of hydrogen-bond donors (Lipinski definition) is 1. The Bertz CT molecular complexity index is 420. The van der Waals surface area contributed by atoms with E-state index in [0.717, 1.165) is 30.6 Å². The van der Waals surface area contributed by atoms with Gasteiger partial charge in [-0.05, 0) is 46.6 Å². The molecule has 4 heteroatoms. The van der Waals surface area contributed by atoms with E-state index in [-0.39, 0.29) is 5.54 Å². The van der Waals surface area contributed by atoms with E-state index in [1.54, 1.807) is 0 Å². The minimum atomic E-state index is 0.109. The van der Waals surface area contributed by atoms with Crippen LogP contribution in [0.15, 0.2) is 10.6 Å². The highest BCUT2D eigenvalue weighted by atomic mass is 16.5. The summed E-state index contributed by atoms with van der Waals surface area (Å²) < 4.78 is 5.53. The maximum absolute atomic E-state index is 5.53. The van der Waals surface area contributed by atoms with Gasteiger partial charge in [0.05, 0.1) is 12.2 Å². The van der Waals surface area contributed by atoms with E-state index in [9.17, 15) is 0 Å². The molecule has 1 saturated heterocycles. The highest BCUT2D eigenvalue weighted by Gasteiger charge is 2.23. The van der Waals surface area contributed by atoms with Crippen molar-refractivity contribution >= 4 is 0 Å². The van der Waals surface area contributed by atoms with Crippen LogP contribution in [0, 0.1) is 0 Å². The minimum absolute atomic E-state index is 0.109. The van der Waals surface area contributed by atoms with Gasteiger partial charge in [-0.15, -0.1) is 0 Å². The molecular weight excluding hydrogens is 262 g/mol. The topological polar surface area (TPSA) is 41.3 Å². The summed E-state index contributed by atoms with van der Waals surface area (Å²) in [6.07, 6.45) is 6.58. The zero-order chi connectivity index (χ0) is 15.3. The van der Waals surface area contributed by atoms with Crippen molar-refractivity contribution in [2.45, 2.75) is 84.5 Å². The average Bonchev–Trinajstić information content (AvgIpc) is 2.86. The fraction of sp³-hybridized carbons (Fsp3) is 0.824. The molecule has 2 heterocycles. The Morgan fingerprint density at radius 2 is 2.19 bits per heavy atom. The molecule has 0 radical (unpaired) electrons. The van der Waals surface area contributed by atoms with Gasteiger partial charge in [0.15, 0.2) is 5.76 Å². The zero-order valence-corrected chi connectivity index (χ0v) is 14.1. The first-order chi connectivity index (χ1) is 9.98. The van der Waals surface area contributed by atoms with Crippen molar-refractivity contribution in [3.8, 4) is 0 Å². The number of aromatic nitrogens is 1. The molecule has 4 nitrogen and oxygen atoms in total. The Morgan fingerprint density at radius 3 is 2.90 bits per heavy atom. The first-order valence-corrected chi connectivity index (χ1v) is 8.41. The summed E-state index contributed by atoms with van der Waals surface area (Å²) in [7, 11) is 0. The minimum Gasteiger partial charge on any atom is -0.360 e. The normalized spacial score (nSPS) is 20.9. The number of nitrogens with one attached hydrogen (secondary N) is 1. The van der Waals surface area contributed by atoms with Gasteiger partial charge in [-0.1, -0.05) is 24.9 Å². The molecule has 1 atom stereocenters. The summed E-state index contributed by atoms with van der Waals surface area (Å²) in [6.45, 7) is 11.6. The van der Waals surface area contributed by atoms with Gasteiger partial charge in [0.25, 0.3) is 0 Å². The third-order valence-electron chi connectivity index (χ3n) is 4.14. The second kappa shape index (κ2) is 7.41. The van der Waals surface area contributed by atoms with Crippen molar-refractivity contribution in [1.29, 1.82) is 0 Å². The van der Waals surface area contributed by atoms with Crippen LogP contribution in [0.25, 0.3) is 0 Å². The van der Waals surface area contributed by atoms with Crippen molar-refractivity contribution in [2.75, 3.05) is 6.54 Å². The molecular formula is C17H31N3O. The van der Waals surface area contributed by atoms with Crippen molar-refractivity contribution < 1.29 is 4.52 Å². The molecule has 0 aliphatic carbocycles. The zero-order valence-electron chi connectivity index (χ0n) is 14.1. The van der Waals surface area contributed by atoms with Gasteiger partial charge in [-0.25, -0.2) is 0 Å². The van der Waals surface area contributed by atoms with Crippen LogP contribution in [-0.2, 0) is 13.1 Å². The standard InChI is InChI=1S/C17H31N3O/c1-5-8-15-9-6-7-10-20(15)13-16-11-14(19-21-16)12-18-17(2,3)4/h11,15,18H,5-10,12-13H2,1-4H3. The summed E-state index contributed by atoms with van der Waals surface area (Å²) in [4.78, 5) is 2.58. The van der Waals surface area contributed by atoms with Gasteiger partial charge in [0, 0.05) is 24.2 Å². The molecule has 1 aromatic rings. The molecule has 0 amide bonds. The maximum atomic E-state index is 5.53. The fourth-order valence-electron chi connectivity index (χ4n) is 3.00. The van der Waals surface area contributed by atoms with Crippen LogP contribution in [0.1, 0.15) is 71.3 Å². The summed E-state index contributed by atoms with van der Waals surface area (Å²) in [5.41, 5.74) is 1.11. The molecule has 1 aromatic heterocycles. The molecule has 1 N–H and O–H groups in total. The average molecular weight is 293 g/mol. The lowest BCUT2D eigenvalue weighted by Crippen LogP contribution is -2.38. The van der Waals surface area contributed by atoms with Crippen molar-refractivity contribution in [3.63, 3.8) is 0 Å². The lowest BCUT2D eigenvalue weighted by molar-refractivity contribution is 0.118. The molecule has 0 bridgehead atoms. The Morgan fingerprint density at radius 1 is 1.38 bits per heavy atom. The molecule has 0 aromatic carbocycles. The van der Waals surface area contributed by atoms with Gasteiger partial charge >= 0.3 is 0 Å². The lowest BCUT2D eigenvalue weighted by Gasteiger charge is -2.34. The molecule has 0 spiro atoms. The van der Waals surface area contributed by atoms with Crippen molar-refractivity contribution in [3.05, 3.63) is 17.5 Å². The molecule has 120 valence electrons. The van der Waals surface area contributed by atoms with E-state index in [1.165, 1.54) is 38.6 Å². The first-order valence-electron chi connectivity index (χ1n) is 8.41. The number of rotatable bonds is 6. The smallest absolute Gasteiger partial charge is 0.151 e. The van der Waals surface area contributed by atoms with Crippen LogP contribution in [0.4, 0.5) is 0 Å². The molecule has 21 heavy (non-hydrogen) atoms. The van der Waals surface area contributed by atoms with E-state index in [2.05, 4.69) is 49.1 Å². The molecule has 1 aliphatic heterocycles. The Balaban J connectivity index is 1.88. The third-order valence-corrected chi connectivity index (χ3v) is 4.14. The van der Waals surface area contributed by atoms with Crippen molar-refractivity contribution in [2.24, 2.45) is 0 Å². The second-order valence-corrected chi connectivity index (χ2v) is 7.30. The van der Waals surface area contributed by atoms with E-state index >= 15 is 0 Å². The number of hydrogen-bond acceptors (Lipinski definition) is 4. The van der Waals surface area contributed by atoms with E-state index in [1.807, 2.05) is 0 Å². The van der Waals surface area contributed by atoms with Crippen LogP contribution >= 0.6 is 0 Å². The van der Waals surface area contributed by atoms with Gasteiger partial charge in [0.1, 0.15) is 0 Å². The van der Waals surface area contributed by atoms with Gasteiger partial charge in [0.2, 0.25) is 0 Å². The van der Waals surface area contributed by atoms with Crippen LogP contribution in [-0.4, -0.2) is 28.2 Å². The van der Waals surface area contributed by atoms with Crippen LogP contribution in [0.5, 0.6) is 0 Å². The maximum Gasteiger partial charge on any atom is 0.151 e. The van der Waals surface area contributed by atoms with Crippen LogP contribution < -0.4 is 5.32 Å². The van der Waals surface area contributed by atoms with Crippen LogP contribution in [0.3, 0.4) is 0 Å². The molecule has 0 saturated carbocycles. The predicted molar refractivity (Wildman–Crippen MR) is 86.1 cm³/mol. The Kier molecular flexibility index (Phi) is 5.82. The quantitative estimate of drug-likeness (QED) is 0.868. The Labute approximate surface area is 129 Å². The summed E-state index contributed by atoms with van der Waals surface area (Å²) in [6, 6.07) is 2.83. The number of likely N-dealkylation sites (tertiary alicyclic amines) is 1. The van der Waals surface area contributed by atoms with E-state index in [4.69, 9.17) is 4.52 Å². The number of piperidine rings is 1. The molecule has 2 rings (SSSR count). The molecule has 1 fully saturated rings. The fourth-order valence-corrected chi connectivity index (χ4v) is 3.00. The predicted octanol–water partition coefficient (Wildman–Crippen LogP) is 3.72. The van der Waals surface area contributed by atoms with E-state index in [0.29, 0.717) is 0 Å². The van der Waals surface area contributed by atoms with Gasteiger partial charge < -0.3 is 9.84 Å². The van der Waals surface area contributed by atoms with Gasteiger partial charge in [-0.3, -0.25) is 4.90 Å². The van der Waals surface area contributed by atoms with Crippen LogP contribution in [0.2, 0.25) is 0 Å². The van der Waals surface area contributed by atoms with Gasteiger partial charge in [-0.2, -0.15) is 0 Å².